The Morgan fingerprint density at radius 3 is 2.22 bits per heavy atom. The molecule has 0 radical (unpaired) electrons. The van der Waals surface area contributed by atoms with E-state index < -0.39 is 0 Å². The molecule has 50 valence electrons. The van der Waals surface area contributed by atoms with E-state index in [0.29, 0.717) is 0 Å². The van der Waals surface area contributed by atoms with Crippen molar-refractivity contribution in [2.45, 2.75) is 0 Å². The van der Waals surface area contributed by atoms with Gasteiger partial charge in [0.2, 0.25) is 0 Å². The summed E-state index contributed by atoms with van der Waals surface area (Å²) < 4.78 is 0. The lowest BCUT2D eigenvalue weighted by molar-refractivity contribution is -0.110. The maximum atomic E-state index is 10.3. The first kappa shape index (κ1) is 10.8. The van der Waals surface area contributed by atoms with Gasteiger partial charge < -0.3 is 5.48 Å². The van der Waals surface area contributed by atoms with Crippen LogP contribution in [0.3, 0.4) is 0 Å². The van der Waals surface area contributed by atoms with Crippen molar-refractivity contribution in [3.8, 4) is 0 Å². The molecule has 0 aromatic heterocycles. The zero-order valence-electron chi connectivity index (χ0n) is 5.13. The summed E-state index contributed by atoms with van der Waals surface area (Å²) in [5.74, 6) is -0.0927. The smallest absolute Gasteiger partial charge is 0.178 e. The number of ketones is 1. The molecule has 0 saturated heterocycles. The highest BCUT2D eigenvalue weighted by Crippen LogP contribution is 1.76. The van der Waals surface area contributed by atoms with Crippen LogP contribution in [0.25, 0.3) is 0 Å². The lowest BCUT2D eigenvalue weighted by atomic mass is 10.3. The van der Waals surface area contributed by atoms with Crippen LogP contribution >= 0.6 is 0 Å². The first-order valence-corrected chi connectivity index (χ1v) is 2.26. The first-order valence-electron chi connectivity index (χ1n) is 2.26. The van der Waals surface area contributed by atoms with Crippen molar-refractivity contribution in [3.63, 3.8) is 0 Å². The van der Waals surface area contributed by atoms with Crippen molar-refractivity contribution in [2.75, 3.05) is 0 Å². The third-order valence-electron chi connectivity index (χ3n) is 0.598. The van der Waals surface area contributed by atoms with Gasteiger partial charge in [0, 0.05) is 0 Å². The molecular formula is C7H10O2. The minimum Gasteiger partial charge on any atom is -0.412 e. The molecule has 0 amide bonds. The molecule has 0 aromatic rings. The molecular weight excluding hydrogens is 116 g/mol. The number of rotatable bonds is 3. The van der Waals surface area contributed by atoms with Crippen molar-refractivity contribution in [3.05, 3.63) is 37.5 Å². The van der Waals surface area contributed by atoms with Gasteiger partial charge in [-0.05, 0) is 12.2 Å². The molecule has 0 aliphatic rings. The number of hydrogen-bond donors (Lipinski definition) is 0. The Kier molecular flexibility index (Phi) is 8.19. The van der Waals surface area contributed by atoms with Crippen molar-refractivity contribution < 1.29 is 10.3 Å². The normalized spacial score (nSPS) is 8.00. The summed E-state index contributed by atoms with van der Waals surface area (Å²) >= 11 is 0. The van der Waals surface area contributed by atoms with Crippen LogP contribution in [-0.2, 0) is 4.79 Å². The lowest BCUT2D eigenvalue weighted by Gasteiger charge is -1.73. The average Bonchev–Trinajstić information content (AvgIpc) is 1.83. The van der Waals surface area contributed by atoms with E-state index in [4.69, 9.17) is 0 Å². The van der Waals surface area contributed by atoms with Crippen LogP contribution in [0, 0.1) is 0 Å². The average molecular weight is 126 g/mol. The van der Waals surface area contributed by atoms with Gasteiger partial charge >= 0.3 is 0 Å². The van der Waals surface area contributed by atoms with Gasteiger partial charge in [-0.3, -0.25) is 4.79 Å². The van der Waals surface area contributed by atoms with Crippen LogP contribution in [0.5, 0.6) is 0 Å². The molecule has 0 aromatic carbocycles. The van der Waals surface area contributed by atoms with Crippen LogP contribution in [0.15, 0.2) is 37.5 Å². The first-order chi connectivity index (χ1) is 3.81. The van der Waals surface area contributed by atoms with E-state index in [9.17, 15) is 4.79 Å². The third kappa shape index (κ3) is 6.85. The maximum Gasteiger partial charge on any atom is 0.178 e. The zero-order valence-corrected chi connectivity index (χ0v) is 5.13. The predicted molar refractivity (Wildman–Crippen MR) is 38.2 cm³/mol. The summed E-state index contributed by atoms with van der Waals surface area (Å²) in [6, 6.07) is 0. The Labute approximate surface area is 54.5 Å². The van der Waals surface area contributed by atoms with E-state index in [1.54, 1.807) is 12.2 Å². The summed E-state index contributed by atoms with van der Waals surface area (Å²) in [6.07, 6.45) is 5.77. The third-order valence-corrected chi connectivity index (χ3v) is 0.598. The maximum absolute atomic E-state index is 10.3. The van der Waals surface area contributed by atoms with Crippen LogP contribution in [-0.4, -0.2) is 11.3 Å². The standard InChI is InChI=1S/C7H8O.H2O/c1-3-5-6-7(8)4-2;/h3-6H,1-2H2;1H2. The van der Waals surface area contributed by atoms with Gasteiger partial charge in [0.25, 0.3) is 0 Å². The van der Waals surface area contributed by atoms with Gasteiger partial charge in [0.15, 0.2) is 5.78 Å². The highest BCUT2D eigenvalue weighted by atomic mass is 16.1. The van der Waals surface area contributed by atoms with E-state index in [-0.39, 0.29) is 11.3 Å². The van der Waals surface area contributed by atoms with E-state index in [2.05, 4.69) is 13.2 Å². The number of carbonyl (C=O) groups is 1. The zero-order chi connectivity index (χ0) is 6.41. The molecule has 0 unspecified atom stereocenters. The highest BCUT2D eigenvalue weighted by molar-refractivity contribution is 5.98. The molecule has 0 aliphatic heterocycles. The van der Waals surface area contributed by atoms with Gasteiger partial charge in [0.1, 0.15) is 0 Å². The second-order valence-electron chi connectivity index (χ2n) is 1.20. The van der Waals surface area contributed by atoms with Crippen LogP contribution in [0.2, 0.25) is 0 Å². The summed E-state index contributed by atoms with van der Waals surface area (Å²) in [4.78, 5) is 10.3. The largest absolute Gasteiger partial charge is 0.412 e. The van der Waals surface area contributed by atoms with Crippen molar-refractivity contribution in [1.29, 1.82) is 0 Å². The lowest BCUT2D eigenvalue weighted by Crippen LogP contribution is -1.80. The Morgan fingerprint density at radius 2 is 1.89 bits per heavy atom. The molecule has 0 saturated carbocycles. The highest BCUT2D eigenvalue weighted by Gasteiger charge is 1.79. The van der Waals surface area contributed by atoms with Crippen LogP contribution in [0.1, 0.15) is 0 Å². The molecule has 0 atom stereocenters. The number of hydrogen-bond acceptors (Lipinski definition) is 1. The molecule has 0 fully saturated rings. The fourth-order valence-corrected chi connectivity index (χ4v) is 0.231. The Hall–Kier alpha value is -1.15. The Morgan fingerprint density at radius 1 is 1.33 bits per heavy atom. The van der Waals surface area contributed by atoms with E-state index in [1.165, 1.54) is 12.2 Å². The van der Waals surface area contributed by atoms with Crippen molar-refractivity contribution in [1.82, 2.24) is 0 Å². The summed E-state index contributed by atoms with van der Waals surface area (Å²) in [6.45, 7) is 6.67. The van der Waals surface area contributed by atoms with Gasteiger partial charge in [-0.1, -0.05) is 25.3 Å². The molecule has 2 N–H and O–H groups in total. The molecule has 2 heteroatoms. The second kappa shape index (κ2) is 6.85. The van der Waals surface area contributed by atoms with Crippen molar-refractivity contribution in [2.24, 2.45) is 0 Å². The minimum absolute atomic E-state index is 0. The summed E-state index contributed by atoms with van der Waals surface area (Å²) in [5, 5.41) is 0. The van der Waals surface area contributed by atoms with Crippen LogP contribution in [0.4, 0.5) is 0 Å². The topological polar surface area (TPSA) is 48.6 Å². The molecule has 0 rings (SSSR count). The fraction of sp³-hybridized carbons (Fsp3) is 0. The van der Waals surface area contributed by atoms with Crippen LogP contribution < -0.4 is 0 Å². The monoisotopic (exact) mass is 126 g/mol. The minimum atomic E-state index is -0.0927. The molecule has 2 nitrogen and oxygen atoms in total. The molecule has 0 bridgehead atoms. The molecule has 9 heavy (non-hydrogen) atoms. The quantitative estimate of drug-likeness (QED) is 0.404. The molecule has 0 aliphatic carbocycles. The SMILES string of the molecule is C=CC=CC(=O)C=C.O. The van der Waals surface area contributed by atoms with E-state index in [1.807, 2.05) is 0 Å². The molecule has 0 spiro atoms. The fourth-order valence-electron chi connectivity index (χ4n) is 0.231. The Balaban J connectivity index is 0. The summed E-state index contributed by atoms with van der Waals surface area (Å²) in [5.41, 5.74) is 0. The number of allylic oxidation sites excluding steroid dienone is 4. The van der Waals surface area contributed by atoms with E-state index in [0.717, 1.165) is 0 Å². The predicted octanol–water partition coefficient (Wildman–Crippen LogP) is 0.659. The van der Waals surface area contributed by atoms with Gasteiger partial charge in [-0.2, -0.15) is 0 Å². The number of carbonyl (C=O) groups excluding carboxylic acids is 1. The van der Waals surface area contributed by atoms with Gasteiger partial charge in [-0.15, -0.1) is 0 Å². The molecule has 0 heterocycles. The Bertz CT molecular complexity index is 134. The van der Waals surface area contributed by atoms with Crippen molar-refractivity contribution >= 4 is 5.78 Å². The van der Waals surface area contributed by atoms with Gasteiger partial charge in [-0.25, -0.2) is 0 Å². The second-order valence-corrected chi connectivity index (χ2v) is 1.20. The summed E-state index contributed by atoms with van der Waals surface area (Å²) in [7, 11) is 0. The van der Waals surface area contributed by atoms with E-state index >= 15 is 0 Å². The van der Waals surface area contributed by atoms with Gasteiger partial charge in [0.05, 0.1) is 0 Å².